The van der Waals surface area contributed by atoms with Gasteiger partial charge in [-0.1, -0.05) is 12.1 Å². The second-order valence-electron chi connectivity index (χ2n) is 7.73. The first-order chi connectivity index (χ1) is 15.8. The number of nitrogens with one attached hydrogen (secondary N) is 2. The molecule has 10 nitrogen and oxygen atoms in total. The molecular formula is C22H25N5O5S. The number of nitrogens with zero attached hydrogens (tertiary/aromatic N) is 3. The number of likely N-dealkylation sites (N-methyl/N-ethyl adjacent to an activating group) is 1. The van der Waals surface area contributed by atoms with Crippen LogP contribution in [0.2, 0.25) is 0 Å². The summed E-state index contributed by atoms with van der Waals surface area (Å²) in [7, 11) is -2.77. The molecule has 0 radical (unpaired) electrons. The normalized spacial score (nSPS) is 15.0. The number of carboxylic acid groups (broad SMARTS) is 1. The predicted octanol–water partition coefficient (Wildman–Crippen LogP) is 1.74. The van der Waals surface area contributed by atoms with E-state index >= 15 is 0 Å². The zero-order chi connectivity index (χ0) is 23.6. The van der Waals surface area contributed by atoms with Crippen molar-refractivity contribution in [3.63, 3.8) is 0 Å². The summed E-state index contributed by atoms with van der Waals surface area (Å²) >= 11 is 0. The van der Waals surface area contributed by atoms with Gasteiger partial charge in [-0.3, -0.25) is 9.79 Å². The fourth-order valence-corrected chi connectivity index (χ4v) is 5.01. The summed E-state index contributed by atoms with van der Waals surface area (Å²) in [6.07, 6.45) is 1.51. The van der Waals surface area contributed by atoms with Crippen LogP contribution >= 0.6 is 0 Å². The lowest BCUT2D eigenvalue weighted by Gasteiger charge is -2.30. The number of aromatic amines is 1. The molecule has 2 aromatic carbocycles. The van der Waals surface area contributed by atoms with Crippen molar-refractivity contribution in [3.05, 3.63) is 48.0 Å². The average molecular weight is 472 g/mol. The maximum absolute atomic E-state index is 12.7. The molecule has 0 spiro atoms. The predicted molar refractivity (Wildman–Crippen MR) is 126 cm³/mol. The van der Waals surface area contributed by atoms with Crippen LogP contribution in [0.15, 0.2) is 52.4 Å². The number of carboxylic acids is 1. The summed E-state index contributed by atoms with van der Waals surface area (Å²) in [5.41, 5.74) is 2.62. The van der Waals surface area contributed by atoms with Gasteiger partial charge in [-0.2, -0.15) is 4.31 Å². The van der Waals surface area contributed by atoms with Gasteiger partial charge in [-0.25, -0.2) is 8.42 Å². The highest BCUT2D eigenvalue weighted by Crippen LogP contribution is 2.34. The Morgan fingerprint density at radius 3 is 2.67 bits per heavy atom. The van der Waals surface area contributed by atoms with Crippen molar-refractivity contribution in [1.82, 2.24) is 14.6 Å². The van der Waals surface area contributed by atoms with Gasteiger partial charge in [0.05, 0.1) is 21.7 Å². The summed E-state index contributed by atoms with van der Waals surface area (Å²) in [5.74, 6) is -1.27. The Morgan fingerprint density at radius 1 is 1.21 bits per heavy atom. The van der Waals surface area contributed by atoms with Crippen LogP contribution in [0, 0.1) is 0 Å². The molecule has 1 fully saturated rings. The van der Waals surface area contributed by atoms with Gasteiger partial charge in [-0.15, -0.1) is 0 Å². The Kier molecular flexibility index (Phi) is 6.36. The SMILES string of the molecule is CN(CC(=O)O)S(=O)(=O)c1cccc(N=Cc2c(O)[nH]c3cccc(N4CCNCC4)c23)c1. The number of H-pyrrole nitrogens is 1. The smallest absolute Gasteiger partial charge is 0.318 e. The fraction of sp³-hybridized carbons (Fsp3) is 0.273. The van der Waals surface area contributed by atoms with Crippen LogP contribution in [-0.2, 0) is 14.8 Å². The third kappa shape index (κ3) is 4.70. The monoisotopic (exact) mass is 471 g/mol. The lowest BCUT2D eigenvalue weighted by Crippen LogP contribution is -2.43. The first-order valence-electron chi connectivity index (χ1n) is 10.4. The van der Waals surface area contributed by atoms with Crippen LogP contribution in [0.5, 0.6) is 5.88 Å². The van der Waals surface area contributed by atoms with Crippen molar-refractivity contribution >= 4 is 44.5 Å². The number of benzene rings is 2. The summed E-state index contributed by atoms with van der Waals surface area (Å²) in [6.45, 7) is 2.77. The lowest BCUT2D eigenvalue weighted by molar-refractivity contribution is -0.137. The zero-order valence-corrected chi connectivity index (χ0v) is 18.8. The van der Waals surface area contributed by atoms with E-state index in [1.54, 1.807) is 6.07 Å². The quantitative estimate of drug-likeness (QED) is 0.385. The van der Waals surface area contributed by atoms with Crippen LogP contribution in [0.25, 0.3) is 10.9 Å². The second-order valence-corrected chi connectivity index (χ2v) is 9.78. The fourth-order valence-electron chi connectivity index (χ4n) is 3.85. The number of fused-ring (bicyclic) bond motifs is 1. The Labute approximate surface area is 191 Å². The number of sulfonamides is 1. The number of aliphatic carboxylic acids is 1. The van der Waals surface area contributed by atoms with Gasteiger partial charge in [0.2, 0.25) is 10.0 Å². The summed E-state index contributed by atoms with van der Waals surface area (Å²) < 4.78 is 26.1. The number of anilines is 1. The van der Waals surface area contributed by atoms with Crippen LogP contribution in [0.1, 0.15) is 5.56 Å². The topological polar surface area (TPSA) is 138 Å². The van der Waals surface area contributed by atoms with Crippen LogP contribution in [0.4, 0.5) is 11.4 Å². The standard InChI is InChI=1S/C22H25N5O5S/c1-26(14-20(28)29)33(31,32)16-5-2-4-15(12-16)24-13-17-21-18(25-22(17)30)6-3-7-19(21)27-10-8-23-9-11-27/h2-7,12-13,23,25,30H,8-11,14H2,1H3,(H,28,29). The highest BCUT2D eigenvalue weighted by Gasteiger charge is 2.23. The highest BCUT2D eigenvalue weighted by atomic mass is 32.2. The minimum absolute atomic E-state index is 0.0266. The minimum Gasteiger partial charge on any atom is -0.494 e. The molecule has 3 aromatic rings. The number of hydrogen-bond donors (Lipinski definition) is 4. The molecule has 174 valence electrons. The maximum Gasteiger partial charge on any atom is 0.318 e. The molecule has 33 heavy (non-hydrogen) atoms. The Balaban J connectivity index is 1.69. The number of carbonyl (C=O) groups is 1. The largest absolute Gasteiger partial charge is 0.494 e. The van der Waals surface area contributed by atoms with Crippen LogP contribution < -0.4 is 10.2 Å². The van der Waals surface area contributed by atoms with Gasteiger partial charge in [0, 0.05) is 50.5 Å². The summed E-state index contributed by atoms with van der Waals surface area (Å²) in [6, 6.07) is 11.7. The lowest BCUT2D eigenvalue weighted by atomic mass is 10.1. The highest BCUT2D eigenvalue weighted by molar-refractivity contribution is 7.89. The molecule has 0 aliphatic carbocycles. The third-order valence-corrected chi connectivity index (χ3v) is 7.30. The van der Waals surface area contributed by atoms with Crippen molar-refractivity contribution in [2.24, 2.45) is 4.99 Å². The molecule has 1 saturated heterocycles. The van der Waals surface area contributed by atoms with Crippen molar-refractivity contribution in [1.29, 1.82) is 0 Å². The van der Waals surface area contributed by atoms with E-state index < -0.39 is 22.5 Å². The molecule has 1 aliphatic rings. The average Bonchev–Trinajstić information content (AvgIpc) is 3.13. The van der Waals surface area contributed by atoms with Gasteiger partial charge in [0.1, 0.15) is 6.54 Å². The molecule has 0 amide bonds. The van der Waals surface area contributed by atoms with E-state index in [-0.39, 0.29) is 10.8 Å². The number of aliphatic imine (C=N–C) groups is 1. The van der Waals surface area contributed by atoms with E-state index in [0.29, 0.717) is 11.3 Å². The van der Waals surface area contributed by atoms with Crippen LogP contribution in [-0.4, -0.2) is 79.9 Å². The second kappa shape index (κ2) is 9.22. The zero-order valence-electron chi connectivity index (χ0n) is 18.0. The first kappa shape index (κ1) is 22.8. The van der Waals surface area contributed by atoms with E-state index in [1.165, 1.54) is 31.5 Å². The number of aromatic hydroxyl groups is 1. The van der Waals surface area contributed by atoms with Gasteiger partial charge >= 0.3 is 5.97 Å². The molecule has 2 heterocycles. The summed E-state index contributed by atoms with van der Waals surface area (Å²) in [5, 5.41) is 23.6. The number of hydrogen-bond acceptors (Lipinski definition) is 7. The van der Waals surface area contributed by atoms with Gasteiger partial charge in [0.15, 0.2) is 5.88 Å². The first-order valence-corrected chi connectivity index (χ1v) is 11.8. The van der Waals surface area contributed by atoms with E-state index in [2.05, 4.69) is 20.2 Å². The van der Waals surface area contributed by atoms with Gasteiger partial charge in [0.25, 0.3) is 0 Å². The summed E-state index contributed by atoms with van der Waals surface area (Å²) in [4.78, 5) is 20.5. The molecule has 4 N–H and O–H groups in total. The van der Waals surface area contributed by atoms with Crippen molar-refractivity contribution in [2.45, 2.75) is 4.90 Å². The molecule has 11 heteroatoms. The van der Waals surface area contributed by atoms with E-state index in [0.717, 1.165) is 47.1 Å². The Hall–Kier alpha value is -3.41. The van der Waals surface area contributed by atoms with E-state index in [4.69, 9.17) is 5.11 Å². The molecule has 0 bridgehead atoms. The number of rotatable bonds is 7. The van der Waals surface area contributed by atoms with E-state index in [1.807, 2.05) is 18.2 Å². The van der Waals surface area contributed by atoms with Crippen molar-refractivity contribution < 1.29 is 23.4 Å². The Bertz CT molecular complexity index is 1310. The number of aromatic nitrogens is 1. The molecule has 1 aliphatic heterocycles. The van der Waals surface area contributed by atoms with Crippen molar-refractivity contribution in [3.8, 4) is 5.88 Å². The van der Waals surface area contributed by atoms with Crippen LogP contribution in [0.3, 0.4) is 0 Å². The van der Waals surface area contributed by atoms with Gasteiger partial charge < -0.3 is 25.4 Å². The van der Waals surface area contributed by atoms with Gasteiger partial charge in [-0.05, 0) is 30.3 Å². The molecule has 4 rings (SSSR count). The third-order valence-electron chi connectivity index (χ3n) is 5.50. The molecule has 0 saturated carbocycles. The minimum atomic E-state index is -3.98. The molecule has 0 atom stereocenters. The van der Waals surface area contributed by atoms with Crippen molar-refractivity contribution in [2.75, 3.05) is 44.7 Å². The van der Waals surface area contributed by atoms with E-state index in [9.17, 15) is 18.3 Å². The Morgan fingerprint density at radius 2 is 1.94 bits per heavy atom. The molecular weight excluding hydrogens is 446 g/mol. The molecule has 0 unspecified atom stereocenters. The molecule has 1 aromatic heterocycles. The number of piperazine rings is 1. The maximum atomic E-state index is 12.7.